The molecule has 5 heteroatoms. The SMILES string of the molecule is C=CCNC(N)=NCc1cnccc1OC. The van der Waals surface area contributed by atoms with Gasteiger partial charge < -0.3 is 15.8 Å². The number of nitrogens with two attached hydrogens (primary N) is 1. The zero-order valence-corrected chi connectivity index (χ0v) is 9.31. The van der Waals surface area contributed by atoms with Gasteiger partial charge in [-0.3, -0.25) is 4.98 Å². The van der Waals surface area contributed by atoms with Crippen LogP contribution in [0.25, 0.3) is 0 Å². The van der Waals surface area contributed by atoms with Crippen LogP contribution in [0, 0.1) is 0 Å². The van der Waals surface area contributed by atoms with Crippen molar-refractivity contribution in [2.24, 2.45) is 10.7 Å². The fraction of sp³-hybridized carbons (Fsp3) is 0.273. The van der Waals surface area contributed by atoms with E-state index in [1.807, 2.05) is 0 Å². The first-order valence-electron chi connectivity index (χ1n) is 4.89. The van der Waals surface area contributed by atoms with E-state index in [1.165, 1.54) is 0 Å². The van der Waals surface area contributed by atoms with Gasteiger partial charge in [-0.2, -0.15) is 0 Å². The molecular weight excluding hydrogens is 204 g/mol. The second-order valence-electron chi connectivity index (χ2n) is 3.06. The van der Waals surface area contributed by atoms with Crippen molar-refractivity contribution in [1.29, 1.82) is 0 Å². The molecule has 0 fully saturated rings. The van der Waals surface area contributed by atoms with E-state index in [0.717, 1.165) is 11.3 Å². The first kappa shape index (κ1) is 12.0. The van der Waals surface area contributed by atoms with Crippen LogP contribution in [0.15, 0.2) is 36.1 Å². The van der Waals surface area contributed by atoms with Gasteiger partial charge in [0, 0.05) is 24.5 Å². The normalized spacial score (nSPS) is 10.9. The van der Waals surface area contributed by atoms with Gasteiger partial charge in [-0.1, -0.05) is 6.08 Å². The minimum Gasteiger partial charge on any atom is -0.496 e. The first-order chi connectivity index (χ1) is 7.77. The van der Waals surface area contributed by atoms with Gasteiger partial charge in [-0.05, 0) is 6.07 Å². The van der Waals surface area contributed by atoms with E-state index in [-0.39, 0.29) is 0 Å². The van der Waals surface area contributed by atoms with E-state index in [0.29, 0.717) is 19.0 Å². The molecule has 1 rings (SSSR count). The van der Waals surface area contributed by atoms with Crippen molar-refractivity contribution < 1.29 is 4.74 Å². The van der Waals surface area contributed by atoms with E-state index in [2.05, 4.69) is 21.9 Å². The molecule has 0 radical (unpaired) electrons. The third-order valence-electron chi connectivity index (χ3n) is 1.93. The molecule has 0 atom stereocenters. The molecule has 3 N–H and O–H groups in total. The van der Waals surface area contributed by atoms with Crippen LogP contribution in [0.5, 0.6) is 5.75 Å². The van der Waals surface area contributed by atoms with Crippen LogP contribution in [-0.4, -0.2) is 24.6 Å². The Kier molecular flexibility index (Phi) is 4.85. The number of hydrogen-bond donors (Lipinski definition) is 2. The summed E-state index contributed by atoms with van der Waals surface area (Å²) >= 11 is 0. The molecule has 0 bridgehead atoms. The Labute approximate surface area is 95.0 Å². The summed E-state index contributed by atoms with van der Waals surface area (Å²) in [6.45, 7) is 4.61. The van der Waals surface area contributed by atoms with Gasteiger partial charge in [0.25, 0.3) is 0 Å². The summed E-state index contributed by atoms with van der Waals surface area (Å²) in [5, 5.41) is 2.89. The van der Waals surface area contributed by atoms with Crippen molar-refractivity contribution in [2.75, 3.05) is 13.7 Å². The number of pyridine rings is 1. The Morgan fingerprint density at radius 2 is 2.56 bits per heavy atom. The molecule has 0 unspecified atom stereocenters. The fourth-order valence-electron chi connectivity index (χ4n) is 1.14. The average molecular weight is 220 g/mol. The summed E-state index contributed by atoms with van der Waals surface area (Å²) in [7, 11) is 1.61. The Bertz CT molecular complexity index is 376. The standard InChI is InChI=1S/C11H16N4O/c1-3-5-14-11(12)15-8-9-7-13-6-4-10(9)16-2/h3-4,6-7H,1,5,8H2,2H3,(H3,12,14,15). The molecule has 0 aliphatic carbocycles. The third-order valence-corrected chi connectivity index (χ3v) is 1.93. The van der Waals surface area contributed by atoms with E-state index in [1.54, 1.807) is 31.6 Å². The summed E-state index contributed by atoms with van der Waals surface area (Å²) in [6, 6.07) is 1.79. The smallest absolute Gasteiger partial charge is 0.189 e. The lowest BCUT2D eigenvalue weighted by Crippen LogP contribution is -2.31. The quantitative estimate of drug-likeness (QED) is 0.435. The van der Waals surface area contributed by atoms with Gasteiger partial charge in [-0.15, -0.1) is 6.58 Å². The highest BCUT2D eigenvalue weighted by atomic mass is 16.5. The van der Waals surface area contributed by atoms with E-state index in [4.69, 9.17) is 10.5 Å². The molecule has 0 saturated carbocycles. The van der Waals surface area contributed by atoms with Crippen molar-refractivity contribution >= 4 is 5.96 Å². The highest BCUT2D eigenvalue weighted by molar-refractivity contribution is 5.77. The fourth-order valence-corrected chi connectivity index (χ4v) is 1.14. The highest BCUT2D eigenvalue weighted by Gasteiger charge is 2.00. The number of guanidine groups is 1. The minimum absolute atomic E-state index is 0.380. The van der Waals surface area contributed by atoms with E-state index in [9.17, 15) is 0 Å². The van der Waals surface area contributed by atoms with Gasteiger partial charge in [0.1, 0.15) is 5.75 Å². The maximum atomic E-state index is 5.63. The van der Waals surface area contributed by atoms with Crippen molar-refractivity contribution in [2.45, 2.75) is 6.54 Å². The topological polar surface area (TPSA) is 72.5 Å². The zero-order chi connectivity index (χ0) is 11.8. The molecule has 1 aromatic rings. The zero-order valence-electron chi connectivity index (χ0n) is 9.31. The van der Waals surface area contributed by atoms with Crippen LogP contribution in [0.1, 0.15) is 5.56 Å². The first-order valence-corrected chi connectivity index (χ1v) is 4.89. The molecule has 0 amide bonds. The molecule has 0 aliphatic heterocycles. The number of nitrogens with zero attached hydrogens (tertiary/aromatic N) is 2. The summed E-state index contributed by atoms with van der Waals surface area (Å²) in [6.07, 6.45) is 5.10. The number of rotatable bonds is 5. The lowest BCUT2D eigenvalue weighted by Gasteiger charge is -2.06. The number of aliphatic imine (C=N–C) groups is 1. The van der Waals surface area contributed by atoms with E-state index >= 15 is 0 Å². The Hall–Kier alpha value is -2.04. The monoisotopic (exact) mass is 220 g/mol. The van der Waals surface area contributed by atoms with Crippen molar-refractivity contribution in [3.8, 4) is 5.75 Å². The van der Waals surface area contributed by atoms with Gasteiger partial charge in [0.2, 0.25) is 0 Å². The second-order valence-corrected chi connectivity index (χ2v) is 3.06. The van der Waals surface area contributed by atoms with Crippen LogP contribution in [-0.2, 0) is 6.54 Å². The molecule has 5 nitrogen and oxygen atoms in total. The predicted octanol–water partition coefficient (Wildman–Crippen LogP) is 0.680. The molecule has 0 aromatic carbocycles. The van der Waals surface area contributed by atoms with Gasteiger partial charge in [0.05, 0.1) is 13.7 Å². The predicted molar refractivity (Wildman–Crippen MR) is 64.3 cm³/mol. The average Bonchev–Trinajstić information content (AvgIpc) is 2.34. The molecule has 0 spiro atoms. The Morgan fingerprint density at radius 1 is 1.75 bits per heavy atom. The molecular formula is C11H16N4O. The van der Waals surface area contributed by atoms with Gasteiger partial charge >= 0.3 is 0 Å². The van der Waals surface area contributed by atoms with Crippen LogP contribution >= 0.6 is 0 Å². The molecule has 16 heavy (non-hydrogen) atoms. The molecule has 0 saturated heterocycles. The molecule has 1 heterocycles. The minimum atomic E-state index is 0.380. The second kappa shape index (κ2) is 6.44. The molecule has 0 aliphatic rings. The van der Waals surface area contributed by atoms with Crippen LogP contribution in [0.2, 0.25) is 0 Å². The van der Waals surface area contributed by atoms with Gasteiger partial charge in [-0.25, -0.2) is 4.99 Å². The molecule has 1 aromatic heterocycles. The molecule has 86 valence electrons. The number of nitrogens with one attached hydrogen (secondary N) is 1. The van der Waals surface area contributed by atoms with Crippen LogP contribution < -0.4 is 15.8 Å². The summed E-state index contributed by atoms with van der Waals surface area (Å²) in [4.78, 5) is 8.16. The number of aromatic nitrogens is 1. The Morgan fingerprint density at radius 3 is 3.25 bits per heavy atom. The number of ether oxygens (including phenoxy) is 1. The highest BCUT2D eigenvalue weighted by Crippen LogP contribution is 2.16. The lowest BCUT2D eigenvalue weighted by atomic mass is 10.2. The van der Waals surface area contributed by atoms with Crippen molar-refractivity contribution in [1.82, 2.24) is 10.3 Å². The lowest BCUT2D eigenvalue weighted by molar-refractivity contribution is 0.409. The van der Waals surface area contributed by atoms with Crippen LogP contribution in [0.3, 0.4) is 0 Å². The van der Waals surface area contributed by atoms with Gasteiger partial charge in [0.15, 0.2) is 5.96 Å². The summed E-state index contributed by atoms with van der Waals surface area (Å²) in [5.74, 6) is 1.14. The van der Waals surface area contributed by atoms with Crippen molar-refractivity contribution in [3.63, 3.8) is 0 Å². The van der Waals surface area contributed by atoms with E-state index < -0.39 is 0 Å². The van der Waals surface area contributed by atoms with Crippen molar-refractivity contribution in [3.05, 3.63) is 36.7 Å². The Balaban J connectivity index is 2.62. The maximum Gasteiger partial charge on any atom is 0.189 e. The van der Waals surface area contributed by atoms with Crippen LogP contribution in [0.4, 0.5) is 0 Å². The number of hydrogen-bond acceptors (Lipinski definition) is 3. The number of methoxy groups -OCH3 is 1. The maximum absolute atomic E-state index is 5.63. The largest absolute Gasteiger partial charge is 0.496 e. The third kappa shape index (κ3) is 3.61. The summed E-state index contributed by atoms with van der Waals surface area (Å²) in [5.41, 5.74) is 6.53. The summed E-state index contributed by atoms with van der Waals surface area (Å²) < 4.78 is 5.17.